The van der Waals surface area contributed by atoms with Crippen LogP contribution in [0, 0.1) is 13.8 Å². The molecule has 8 heteroatoms. The zero-order valence-corrected chi connectivity index (χ0v) is 17.5. The molecule has 0 spiro atoms. The molecule has 0 fully saturated rings. The summed E-state index contributed by atoms with van der Waals surface area (Å²) in [4.78, 5) is 25.4. The van der Waals surface area contributed by atoms with Gasteiger partial charge in [-0.3, -0.25) is 9.59 Å². The first-order chi connectivity index (χ1) is 14.5. The molecule has 3 rings (SSSR count). The van der Waals surface area contributed by atoms with E-state index in [1.54, 1.807) is 0 Å². The predicted molar refractivity (Wildman–Crippen MR) is 113 cm³/mol. The Morgan fingerprint density at radius 2 is 1.74 bits per heavy atom. The van der Waals surface area contributed by atoms with E-state index in [9.17, 15) is 22.8 Å². The van der Waals surface area contributed by atoms with Crippen molar-refractivity contribution in [2.75, 3.05) is 5.32 Å². The zero-order valence-electron chi connectivity index (χ0n) is 17.5. The van der Waals surface area contributed by atoms with Gasteiger partial charge in [0.15, 0.2) is 5.69 Å². The lowest BCUT2D eigenvalue weighted by molar-refractivity contribution is -0.137. The molecular weight excluding hydrogens is 407 g/mol. The molecule has 0 saturated carbocycles. The van der Waals surface area contributed by atoms with Crippen LogP contribution in [0.4, 0.5) is 18.9 Å². The van der Waals surface area contributed by atoms with Gasteiger partial charge in [-0.25, -0.2) is 4.68 Å². The Hall–Kier alpha value is -3.42. The fourth-order valence-electron chi connectivity index (χ4n) is 3.36. The van der Waals surface area contributed by atoms with Gasteiger partial charge in [0.2, 0.25) is 5.43 Å². The van der Waals surface area contributed by atoms with Gasteiger partial charge in [-0.1, -0.05) is 44.2 Å². The Morgan fingerprint density at radius 3 is 2.39 bits per heavy atom. The second-order valence-electron chi connectivity index (χ2n) is 7.57. The number of carbonyl (C=O) groups excluding carboxylic acids is 1. The van der Waals surface area contributed by atoms with E-state index in [1.165, 1.54) is 25.1 Å². The standard InChI is InChI=1S/C23H22F3N3O2/c1-13(2)16-9-7-8-14(3)20(16)27-22(31)21-19(30)12-15(4)29(28-21)18-11-6-5-10-17(18)23(24,25)26/h5-13H,1-4H3,(H,27,31). The van der Waals surface area contributed by atoms with E-state index in [2.05, 4.69) is 10.4 Å². The summed E-state index contributed by atoms with van der Waals surface area (Å²) in [7, 11) is 0. The van der Waals surface area contributed by atoms with Gasteiger partial charge in [-0.05, 0) is 43.0 Å². The molecule has 0 unspecified atom stereocenters. The van der Waals surface area contributed by atoms with Gasteiger partial charge in [0.1, 0.15) is 0 Å². The third-order valence-electron chi connectivity index (χ3n) is 4.93. The molecule has 31 heavy (non-hydrogen) atoms. The van der Waals surface area contributed by atoms with Crippen molar-refractivity contribution in [2.45, 2.75) is 39.8 Å². The van der Waals surface area contributed by atoms with Crippen molar-refractivity contribution in [3.63, 3.8) is 0 Å². The maximum atomic E-state index is 13.5. The van der Waals surface area contributed by atoms with Gasteiger partial charge < -0.3 is 5.32 Å². The van der Waals surface area contributed by atoms with Crippen LogP contribution >= 0.6 is 0 Å². The van der Waals surface area contributed by atoms with Gasteiger partial charge in [0.05, 0.1) is 11.3 Å². The van der Waals surface area contributed by atoms with Crippen LogP contribution in [0.1, 0.15) is 52.6 Å². The third-order valence-corrected chi connectivity index (χ3v) is 4.93. The average Bonchev–Trinajstić information content (AvgIpc) is 2.68. The summed E-state index contributed by atoms with van der Waals surface area (Å²) in [6, 6.07) is 11.5. The van der Waals surface area contributed by atoms with Crippen LogP contribution < -0.4 is 10.7 Å². The van der Waals surface area contributed by atoms with E-state index in [4.69, 9.17) is 0 Å². The largest absolute Gasteiger partial charge is 0.418 e. The molecule has 162 valence electrons. The van der Waals surface area contributed by atoms with Crippen LogP contribution in [0.25, 0.3) is 5.69 Å². The molecule has 1 amide bonds. The zero-order chi connectivity index (χ0) is 22.9. The SMILES string of the molecule is Cc1cccc(C(C)C)c1NC(=O)c1nn(-c2ccccc2C(F)(F)F)c(C)cc1=O. The fraction of sp³-hybridized carbons (Fsp3) is 0.261. The number of rotatable bonds is 4. The summed E-state index contributed by atoms with van der Waals surface area (Å²) < 4.78 is 41.4. The molecule has 5 nitrogen and oxygen atoms in total. The minimum absolute atomic E-state index is 0.108. The Bertz CT molecular complexity index is 1200. The van der Waals surface area contributed by atoms with Crippen molar-refractivity contribution in [1.29, 1.82) is 0 Å². The normalized spacial score (nSPS) is 11.6. The summed E-state index contributed by atoms with van der Waals surface area (Å²) >= 11 is 0. The highest BCUT2D eigenvalue weighted by molar-refractivity contribution is 6.03. The van der Waals surface area contributed by atoms with Crippen LogP contribution in [0.2, 0.25) is 0 Å². The van der Waals surface area contributed by atoms with E-state index in [0.29, 0.717) is 5.69 Å². The van der Waals surface area contributed by atoms with Gasteiger partial charge in [0, 0.05) is 17.4 Å². The van der Waals surface area contributed by atoms with Crippen molar-refractivity contribution < 1.29 is 18.0 Å². The van der Waals surface area contributed by atoms with Crippen LogP contribution in [0.5, 0.6) is 0 Å². The van der Waals surface area contributed by atoms with Crippen molar-refractivity contribution in [3.05, 3.63) is 86.8 Å². The minimum atomic E-state index is -4.62. The maximum absolute atomic E-state index is 13.5. The molecule has 0 atom stereocenters. The molecule has 0 saturated heterocycles. The summed E-state index contributed by atoms with van der Waals surface area (Å²) in [5.74, 6) is -0.670. The number of hydrogen-bond donors (Lipinski definition) is 1. The highest BCUT2D eigenvalue weighted by Crippen LogP contribution is 2.33. The van der Waals surface area contributed by atoms with Crippen LogP contribution in [-0.2, 0) is 6.18 Å². The van der Waals surface area contributed by atoms with Crippen molar-refractivity contribution in [1.82, 2.24) is 9.78 Å². The van der Waals surface area contributed by atoms with Gasteiger partial charge >= 0.3 is 6.18 Å². The van der Waals surface area contributed by atoms with Crippen LogP contribution in [0.15, 0.2) is 53.3 Å². The van der Waals surface area contributed by atoms with Crippen LogP contribution in [0.3, 0.4) is 0 Å². The smallest absolute Gasteiger partial charge is 0.320 e. The van der Waals surface area contributed by atoms with E-state index in [1.807, 2.05) is 39.0 Å². The molecule has 1 heterocycles. The lowest BCUT2D eigenvalue weighted by atomic mass is 9.98. The topological polar surface area (TPSA) is 64.0 Å². The highest BCUT2D eigenvalue weighted by Gasteiger charge is 2.34. The number of nitrogens with zero attached hydrogens (tertiary/aromatic N) is 2. The van der Waals surface area contributed by atoms with E-state index < -0.39 is 28.8 Å². The number of aryl methyl sites for hydroxylation is 2. The Kier molecular flexibility index (Phi) is 6.01. The quantitative estimate of drug-likeness (QED) is 0.617. The molecule has 0 radical (unpaired) electrons. The monoisotopic (exact) mass is 429 g/mol. The Balaban J connectivity index is 2.11. The number of alkyl halides is 3. The van der Waals surface area contributed by atoms with Crippen LogP contribution in [-0.4, -0.2) is 15.7 Å². The van der Waals surface area contributed by atoms with E-state index in [-0.39, 0.29) is 17.3 Å². The van der Waals surface area contributed by atoms with E-state index in [0.717, 1.165) is 27.9 Å². The molecule has 2 aromatic carbocycles. The summed E-state index contributed by atoms with van der Waals surface area (Å²) in [6.07, 6.45) is -4.62. The molecule has 0 aliphatic rings. The average molecular weight is 429 g/mol. The molecule has 0 aliphatic carbocycles. The first-order valence-corrected chi connectivity index (χ1v) is 9.69. The first kappa shape index (κ1) is 22.3. The molecule has 0 bridgehead atoms. The second-order valence-corrected chi connectivity index (χ2v) is 7.57. The predicted octanol–water partition coefficient (Wildman–Crippen LogP) is 5.24. The Labute approximate surface area is 177 Å². The number of nitrogens with one attached hydrogen (secondary N) is 1. The van der Waals surface area contributed by atoms with Crippen molar-refractivity contribution >= 4 is 11.6 Å². The van der Waals surface area contributed by atoms with Crippen molar-refractivity contribution in [2.24, 2.45) is 0 Å². The third kappa shape index (κ3) is 4.52. The number of amides is 1. The lowest BCUT2D eigenvalue weighted by Crippen LogP contribution is -2.28. The van der Waals surface area contributed by atoms with Gasteiger partial charge in [0.25, 0.3) is 5.91 Å². The Morgan fingerprint density at radius 1 is 1.06 bits per heavy atom. The van der Waals surface area contributed by atoms with Gasteiger partial charge in [-0.2, -0.15) is 18.3 Å². The highest BCUT2D eigenvalue weighted by atomic mass is 19.4. The number of hydrogen-bond acceptors (Lipinski definition) is 3. The van der Waals surface area contributed by atoms with Gasteiger partial charge in [-0.15, -0.1) is 0 Å². The maximum Gasteiger partial charge on any atom is 0.418 e. The van der Waals surface area contributed by atoms with Crippen molar-refractivity contribution in [3.8, 4) is 5.69 Å². The number of benzene rings is 2. The second kappa shape index (κ2) is 8.37. The number of para-hydroxylation sites is 2. The number of halogens is 3. The number of carbonyl (C=O) groups is 1. The molecule has 0 aliphatic heterocycles. The fourth-order valence-corrected chi connectivity index (χ4v) is 3.36. The molecular formula is C23H22F3N3O2. The molecule has 3 aromatic rings. The lowest BCUT2D eigenvalue weighted by Gasteiger charge is -2.18. The number of aromatic nitrogens is 2. The minimum Gasteiger partial charge on any atom is -0.320 e. The number of anilines is 1. The molecule has 1 N–H and O–H groups in total. The summed E-state index contributed by atoms with van der Waals surface area (Å²) in [6.45, 7) is 7.22. The van der Waals surface area contributed by atoms with E-state index >= 15 is 0 Å². The first-order valence-electron chi connectivity index (χ1n) is 9.69. The molecule has 1 aromatic heterocycles. The summed E-state index contributed by atoms with van der Waals surface area (Å²) in [5.41, 5.74) is 0.0824. The summed E-state index contributed by atoms with van der Waals surface area (Å²) in [5, 5.41) is 6.73.